The summed E-state index contributed by atoms with van der Waals surface area (Å²) >= 11 is 0. The molecule has 0 aliphatic carbocycles. The predicted molar refractivity (Wildman–Crippen MR) is 121 cm³/mol. The first-order chi connectivity index (χ1) is 15.0. The van der Waals surface area contributed by atoms with Crippen LogP contribution in [0.25, 0.3) is 0 Å². The first-order valence-electron chi connectivity index (χ1n) is 10.7. The number of pyridine rings is 1. The van der Waals surface area contributed by atoms with Gasteiger partial charge in [0.2, 0.25) is 5.91 Å². The Balaban J connectivity index is 1.76. The number of aliphatic imine (C=N–C) groups is 1. The lowest BCUT2D eigenvalue weighted by Crippen LogP contribution is -2.42. The minimum atomic E-state index is -0.256. The van der Waals surface area contributed by atoms with E-state index in [9.17, 15) is 9.18 Å². The van der Waals surface area contributed by atoms with Crippen LogP contribution >= 0.6 is 0 Å². The van der Waals surface area contributed by atoms with Crippen molar-refractivity contribution in [2.75, 3.05) is 31.6 Å². The number of rotatable bonds is 7. The standard InChI is InChI=1S/C23H31FN6O/c1-3-26-23(29(2)15-17-7-4-10-20(24)13-17)28-14-18-8-5-11-27-22(18)30-12-6-9-19(16-30)21(25)31/h4-5,7-8,10-11,13,19H,3,6,9,12,14-16H2,1-2H3,(H2,25,31)(H,26,28). The fourth-order valence-electron chi connectivity index (χ4n) is 3.85. The second-order valence-electron chi connectivity index (χ2n) is 7.83. The van der Waals surface area contributed by atoms with Gasteiger partial charge in [-0.25, -0.2) is 14.4 Å². The Morgan fingerprint density at radius 2 is 2.23 bits per heavy atom. The Kier molecular flexibility index (Phi) is 7.81. The first kappa shape index (κ1) is 22.5. The number of piperidine rings is 1. The Hall–Kier alpha value is -3.16. The van der Waals surface area contributed by atoms with Gasteiger partial charge in [0, 0.05) is 45.0 Å². The largest absolute Gasteiger partial charge is 0.369 e. The molecule has 1 aromatic carbocycles. The number of hydrogen-bond donors (Lipinski definition) is 2. The van der Waals surface area contributed by atoms with Crippen molar-refractivity contribution in [1.29, 1.82) is 0 Å². The Morgan fingerprint density at radius 1 is 1.39 bits per heavy atom. The van der Waals surface area contributed by atoms with Crippen LogP contribution in [0.15, 0.2) is 47.6 Å². The van der Waals surface area contributed by atoms with Crippen LogP contribution in [0.3, 0.4) is 0 Å². The number of aromatic nitrogens is 1. The van der Waals surface area contributed by atoms with Gasteiger partial charge in [-0.05, 0) is 43.5 Å². The third kappa shape index (κ3) is 6.16. The molecule has 1 amide bonds. The smallest absolute Gasteiger partial charge is 0.222 e. The lowest BCUT2D eigenvalue weighted by molar-refractivity contribution is -0.122. The maximum atomic E-state index is 13.5. The molecule has 166 valence electrons. The van der Waals surface area contributed by atoms with E-state index in [2.05, 4.69) is 15.2 Å². The number of anilines is 1. The highest BCUT2D eigenvalue weighted by atomic mass is 19.1. The Labute approximate surface area is 183 Å². The molecule has 0 saturated carbocycles. The molecule has 3 rings (SSSR count). The van der Waals surface area contributed by atoms with Crippen molar-refractivity contribution in [2.24, 2.45) is 16.6 Å². The third-order valence-electron chi connectivity index (χ3n) is 5.40. The molecule has 31 heavy (non-hydrogen) atoms. The first-order valence-corrected chi connectivity index (χ1v) is 10.7. The molecule has 1 aliphatic rings. The van der Waals surface area contributed by atoms with Gasteiger partial charge >= 0.3 is 0 Å². The molecule has 0 bridgehead atoms. The normalized spacial score (nSPS) is 16.8. The zero-order chi connectivity index (χ0) is 22.2. The van der Waals surface area contributed by atoms with E-state index in [1.165, 1.54) is 12.1 Å². The van der Waals surface area contributed by atoms with Gasteiger partial charge in [0.25, 0.3) is 0 Å². The van der Waals surface area contributed by atoms with E-state index in [4.69, 9.17) is 10.7 Å². The van der Waals surface area contributed by atoms with E-state index in [0.29, 0.717) is 19.6 Å². The molecular formula is C23H31FN6O. The lowest BCUT2D eigenvalue weighted by atomic mass is 9.97. The summed E-state index contributed by atoms with van der Waals surface area (Å²) < 4.78 is 13.5. The van der Waals surface area contributed by atoms with Crippen molar-refractivity contribution in [2.45, 2.75) is 32.9 Å². The molecule has 1 unspecified atom stereocenters. The van der Waals surface area contributed by atoms with E-state index in [0.717, 1.165) is 48.8 Å². The highest BCUT2D eigenvalue weighted by Gasteiger charge is 2.26. The third-order valence-corrected chi connectivity index (χ3v) is 5.40. The van der Waals surface area contributed by atoms with Crippen molar-refractivity contribution in [1.82, 2.24) is 15.2 Å². The number of carbonyl (C=O) groups excluding carboxylic acids is 1. The lowest BCUT2D eigenvalue weighted by Gasteiger charge is -2.33. The number of benzene rings is 1. The highest BCUT2D eigenvalue weighted by Crippen LogP contribution is 2.25. The summed E-state index contributed by atoms with van der Waals surface area (Å²) in [5, 5.41) is 3.30. The summed E-state index contributed by atoms with van der Waals surface area (Å²) in [7, 11) is 1.93. The van der Waals surface area contributed by atoms with Gasteiger partial charge in [0.05, 0.1) is 12.5 Å². The van der Waals surface area contributed by atoms with Crippen LogP contribution in [0.5, 0.6) is 0 Å². The summed E-state index contributed by atoms with van der Waals surface area (Å²) in [5.74, 6) is 0.926. The monoisotopic (exact) mass is 426 g/mol. The Morgan fingerprint density at radius 3 is 2.97 bits per heavy atom. The number of guanidine groups is 1. The van der Waals surface area contributed by atoms with Gasteiger partial charge in [-0.15, -0.1) is 0 Å². The van der Waals surface area contributed by atoms with Crippen molar-refractivity contribution >= 4 is 17.7 Å². The van der Waals surface area contributed by atoms with Crippen LogP contribution in [0, 0.1) is 11.7 Å². The van der Waals surface area contributed by atoms with Crippen LogP contribution in [0.2, 0.25) is 0 Å². The molecule has 2 aromatic rings. The summed E-state index contributed by atoms with van der Waals surface area (Å²) in [4.78, 5) is 25.1. The minimum absolute atomic E-state index is 0.151. The van der Waals surface area contributed by atoms with Crippen molar-refractivity contribution < 1.29 is 9.18 Å². The average molecular weight is 427 g/mol. The number of carbonyl (C=O) groups is 1. The molecule has 0 radical (unpaired) electrons. The van der Waals surface area contributed by atoms with Crippen LogP contribution in [0.1, 0.15) is 30.9 Å². The van der Waals surface area contributed by atoms with Gasteiger partial charge in [-0.3, -0.25) is 4.79 Å². The van der Waals surface area contributed by atoms with Crippen LogP contribution in [-0.4, -0.2) is 48.4 Å². The molecule has 1 atom stereocenters. The quantitative estimate of drug-likeness (QED) is 0.525. The van der Waals surface area contributed by atoms with Crippen molar-refractivity contribution in [3.8, 4) is 0 Å². The molecule has 3 N–H and O–H groups in total. The number of halogens is 1. The second kappa shape index (κ2) is 10.7. The fraction of sp³-hybridized carbons (Fsp3) is 0.435. The Bertz CT molecular complexity index is 918. The van der Waals surface area contributed by atoms with Crippen LogP contribution in [-0.2, 0) is 17.9 Å². The van der Waals surface area contributed by atoms with Gasteiger partial charge in [-0.2, -0.15) is 0 Å². The number of primary amides is 1. The average Bonchev–Trinajstić information content (AvgIpc) is 2.77. The van der Waals surface area contributed by atoms with Gasteiger partial charge < -0.3 is 20.9 Å². The zero-order valence-electron chi connectivity index (χ0n) is 18.2. The SMILES string of the molecule is CCNC(=NCc1cccnc1N1CCCC(C(N)=O)C1)N(C)Cc1cccc(F)c1. The summed E-state index contributed by atoms with van der Waals surface area (Å²) in [6.07, 6.45) is 3.49. The van der Waals surface area contributed by atoms with E-state index in [1.807, 2.05) is 37.1 Å². The van der Waals surface area contributed by atoms with E-state index in [1.54, 1.807) is 12.3 Å². The van der Waals surface area contributed by atoms with E-state index >= 15 is 0 Å². The predicted octanol–water partition coefficient (Wildman–Crippen LogP) is 2.52. The number of hydrogen-bond acceptors (Lipinski definition) is 4. The minimum Gasteiger partial charge on any atom is -0.369 e. The fourth-order valence-corrected chi connectivity index (χ4v) is 3.85. The van der Waals surface area contributed by atoms with Crippen LogP contribution < -0.4 is 16.0 Å². The van der Waals surface area contributed by atoms with Gasteiger partial charge in [-0.1, -0.05) is 18.2 Å². The molecular weight excluding hydrogens is 395 g/mol. The molecule has 1 fully saturated rings. The molecule has 8 heteroatoms. The molecule has 0 spiro atoms. The molecule has 1 aliphatic heterocycles. The molecule has 2 heterocycles. The zero-order valence-corrected chi connectivity index (χ0v) is 18.2. The topological polar surface area (TPSA) is 86.9 Å². The highest BCUT2D eigenvalue weighted by molar-refractivity contribution is 5.80. The summed E-state index contributed by atoms with van der Waals surface area (Å²) in [5.41, 5.74) is 7.40. The second-order valence-corrected chi connectivity index (χ2v) is 7.83. The van der Waals surface area contributed by atoms with Gasteiger partial charge in [0.15, 0.2) is 5.96 Å². The van der Waals surface area contributed by atoms with E-state index < -0.39 is 0 Å². The maximum absolute atomic E-state index is 13.5. The number of amides is 1. The summed E-state index contributed by atoms with van der Waals surface area (Å²) in [6, 6.07) is 10.5. The number of nitrogens with two attached hydrogens (primary N) is 1. The molecule has 1 aromatic heterocycles. The van der Waals surface area contributed by atoms with Crippen molar-refractivity contribution in [3.05, 3.63) is 59.5 Å². The maximum Gasteiger partial charge on any atom is 0.222 e. The van der Waals surface area contributed by atoms with Crippen molar-refractivity contribution in [3.63, 3.8) is 0 Å². The molecule has 7 nitrogen and oxygen atoms in total. The summed E-state index contributed by atoms with van der Waals surface area (Å²) in [6.45, 7) is 5.14. The van der Waals surface area contributed by atoms with Gasteiger partial charge in [0.1, 0.15) is 11.6 Å². The number of nitrogens with zero attached hydrogens (tertiary/aromatic N) is 4. The number of nitrogens with one attached hydrogen (secondary N) is 1. The van der Waals surface area contributed by atoms with Crippen LogP contribution in [0.4, 0.5) is 10.2 Å². The molecule has 1 saturated heterocycles. The van der Waals surface area contributed by atoms with E-state index in [-0.39, 0.29) is 17.6 Å².